The maximum Gasteiger partial charge on any atom is 0.433 e. The van der Waals surface area contributed by atoms with Crippen LogP contribution in [0.15, 0.2) is 36.9 Å². The topological polar surface area (TPSA) is 121 Å². The summed E-state index contributed by atoms with van der Waals surface area (Å²) in [5, 5.41) is 16.4. The number of nitrogens with one attached hydrogen (secondary N) is 2. The van der Waals surface area contributed by atoms with Crippen LogP contribution in [0.5, 0.6) is 0 Å². The molecule has 5 heterocycles. The molecule has 3 aromatic heterocycles. The second kappa shape index (κ2) is 8.50. The minimum atomic E-state index is -4.61. The fourth-order valence-corrected chi connectivity index (χ4v) is 5.21. The summed E-state index contributed by atoms with van der Waals surface area (Å²) < 4.78 is 56.4. The molecule has 0 saturated carbocycles. The predicted octanol–water partition coefficient (Wildman–Crippen LogP) is 4.11. The van der Waals surface area contributed by atoms with E-state index in [1.165, 1.54) is 29.3 Å². The number of halogens is 5. The molecule has 0 radical (unpaired) electrons. The van der Waals surface area contributed by atoms with E-state index in [1.807, 2.05) is 5.10 Å². The van der Waals surface area contributed by atoms with Crippen molar-refractivity contribution in [3.63, 3.8) is 0 Å². The van der Waals surface area contributed by atoms with Gasteiger partial charge in [-0.15, -0.1) is 5.10 Å². The average Bonchev–Trinajstić information content (AvgIpc) is 3.65. The van der Waals surface area contributed by atoms with Gasteiger partial charge in [-0.3, -0.25) is 9.89 Å². The molecule has 1 saturated heterocycles. The highest BCUT2D eigenvalue weighted by Crippen LogP contribution is 2.44. The third-order valence-corrected chi connectivity index (χ3v) is 6.92. The smallest absolute Gasteiger partial charge is 0.340 e. The van der Waals surface area contributed by atoms with Crippen molar-refractivity contribution in [2.45, 2.75) is 37.5 Å². The third-order valence-electron chi connectivity index (χ3n) is 6.62. The van der Waals surface area contributed by atoms with Crippen LogP contribution in [0.3, 0.4) is 0 Å². The number of alkyl halides is 3. The molecule has 4 aromatic rings. The van der Waals surface area contributed by atoms with Crippen molar-refractivity contribution in [3.8, 4) is 16.9 Å². The van der Waals surface area contributed by atoms with Crippen LogP contribution >= 0.6 is 11.6 Å². The first-order valence-electron chi connectivity index (χ1n) is 11.1. The molecule has 1 amide bonds. The molecule has 0 unspecified atom stereocenters. The highest BCUT2D eigenvalue weighted by Gasteiger charge is 2.42. The Bertz CT molecular complexity index is 1530. The molecular weight excluding hydrogens is 518 g/mol. The maximum absolute atomic E-state index is 15.2. The zero-order valence-corrected chi connectivity index (χ0v) is 19.4. The summed E-state index contributed by atoms with van der Waals surface area (Å²) in [5.74, 6) is -0.693. The Balaban J connectivity index is 1.32. The second-order valence-electron chi connectivity index (χ2n) is 8.71. The highest BCUT2D eigenvalue weighted by atomic mass is 35.5. The molecule has 2 N–H and O–H groups in total. The number of tetrazole rings is 1. The number of aromatic amines is 2. The minimum Gasteiger partial charge on any atom is -0.340 e. The van der Waals surface area contributed by atoms with Gasteiger partial charge < -0.3 is 9.88 Å². The van der Waals surface area contributed by atoms with Crippen molar-refractivity contribution < 1.29 is 22.4 Å². The van der Waals surface area contributed by atoms with Gasteiger partial charge in [0.2, 0.25) is 5.91 Å². The van der Waals surface area contributed by atoms with Crippen LogP contribution in [0, 0.1) is 5.82 Å². The number of aromatic nitrogens is 8. The zero-order valence-electron chi connectivity index (χ0n) is 18.7. The molecule has 6 rings (SSSR count). The van der Waals surface area contributed by atoms with E-state index in [0.29, 0.717) is 36.3 Å². The number of rotatable bonds is 4. The zero-order chi connectivity index (χ0) is 25.9. The Hall–Kier alpha value is -4.07. The van der Waals surface area contributed by atoms with Gasteiger partial charge in [0.1, 0.15) is 17.8 Å². The summed E-state index contributed by atoms with van der Waals surface area (Å²) in [6.07, 6.45) is 1.86. The van der Waals surface area contributed by atoms with E-state index in [9.17, 15) is 18.0 Å². The van der Waals surface area contributed by atoms with Crippen molar-refractivity contribution in [1.29, 1.82) is 0 Å². The average molecular weight is 534 g/mol. The highest BCUT2D eigenvalue weighted by molar-refractivity contribution is 6.31. The number of carbonyl (C=O) groups excluding carboxylic acids is 1. The Labute approximate surface area is 210 Å². The lowest BCUT2D eigenvalue weighted by atomic mass is 9.92. The minimum absolute atomic E-state index is 0.104. The molecule has 0 bridgehead atoms. The van der Waals surface area contributed by atoms with Gasteiger partial charge in [0.15, 0.2) is 5.82 Å². The van der Waals surface area contributed by atoms with E-state index in [-0.39, 0.29) is 33.8 Å². The number of nitrogens with zero attached hydrogens (tertiary/aromatic N) is 7. The molecule has 2 atom stereocenters. The number of carbonyl (C=O) groups is 1. The quantitative estimate of drug-likeness (QED) is 0.381. The number of hydrogen-bond donors (Lipinski definition) is 2. The van der Waals surface area contributed by atoms with Gasteiger partial charge in [0, 0.05) is 23.2 Å². The standard InChI is InChI=1S/C22H16ClF4N9O/c23-13-2-4-15(35-9-30-33-34-35)18(19(13)24)10-5-11-1-3-16(36(11)17(37)6-10)21-28-8-14(31-21)12-7-29-32-20(12)22(25,26)27/h2,4,6-9,11,16H,1,3,5H2,(H,28,31)(H,29,32)/t11-,16-/m1/s1. The third kappa shape index (κ3) is 3.87. The maximum atomic E-state index is 15.2. The van der Waals surface area contributed by atoms with Crippen molar-refractivity contribution in [1.82, 2.24) is 45.3 Å². The number of amides is 1. The molecule has 10 nitrogen and oxygen atoms in total. The summed E-state index contributed by atoms with van der Waals surface area (Å²) in [6, 6.07) is 2.21. The Morgan fingerprint density at radius 1 is 1.16 bits per heavy atom. The van der Waals surface area contributed by atoms with Crippen molar-refractivity contribution in [3.05, 3.63) is 64.9 Å². The molecule has 2 aliphatic heterocycles. The fraction of sp³-hybridized carbons (Fsp3) is 0.273. The van der Waals surface area contributed by atoms with Gasteiger partial charge >= 0.3 is 6.18 Å². The first-order valence-corrected chi connectivity index (χ1v) is 11.5. The summed E-state index contributed by atoms with van der Waals surface area (Å²) in [6.45, 7) is 0. The first kappa shape index (κ1) is 23.3. The van der Waals surface area contributed by atoms with E-state index >= 15 is 4.39 Å². The summed E-state index contributed by atoms with van der Waals surface area (Å²) in [7, 11) is 0. The van der Waals surface area contributed by atoms with E-state index in [4.69, 9.17) is 11.6 Å². The molecule has 0 spiro atoms. The fourth-order valence-electron chi connectivity index (χ4n) is 5.05. The van der Waals surface area contributed by atoms with E-state index in [1.54, 1.807) is 11.0 Å². The van der Waals surface area contributed by atoms with Crippen LogP contribution in [-0.4, -0.2) is 57.2 Å². The number of fused-ring (bicyclic) bond motifs is 1. The monoisotopic (exact) mass is 533 g/mol. The van der Waals surface area contributed by atoms with Crippen LogP contribution in [0.1, 0.15) is 42.4 Å². The summed E-state index contributed by atoms with van der Waals surface area (Å²) in [5.41, 5.74) is -0.102. The molecule has 0 aliphatic carbocycles. The Morgan fingerprint density at radius 3 is 2.76 bits per heavy atom. The van der Waals surface area contributed by atoms with Crippen LogP contribution in [0.2, 0.25) is 5.02 Å². The first-order chi connectivity index (χ1) is 17.7. The van der Waals surface area contributed by atoms with Gasteiger partial charge in [-0.2, -0.15) is 23.0 Å². The summed E-state index contributed by atoms with van der Waals surface area (Å²) >= 11 is 6.05. The molecule has 37 heavy (non-hydrogen) atoms. The largest absolute Gasteiger partial charge is 0.433 e. The lowest BCUT2D eigenvalue weighted by Crippen LogP contribution is -2.39. The molecule has 1 fully saturated rings. The molecular formula is C22H16ClF4N9O. The van der Waals surface area contributed by atoms with Gasteiger partial charge in [-0.25, -0.2) is 9.37 Å². The molecule has 2 aliphatic rings. The lowest BCUT2D eigenvalue weighted by Gasteiger charge is -2.33. The Morgan fingerprint density at radius 2 is 2.00 bits per heavy atom. The van der Waals surface area contributed by atoms with Gasteiger partial charge in [0.05, 0.1) is 34.8 Å². The van der Waals surface area contributed by atoms with E-state index in [0.717, 1.165) is 6.20 Å². The predicted molar refractivity (Wildman–Crippen MR) is 120 cm³/mol. The molecule has 1 aromatic carbocycles. The normalized spacial score (nSPS) is 19.9. The SMILES string of the molecule is O=C1C=C(c2c(-n3cnnn3)ccc(Cl)c2F)C[C@H]2CC[C@H](c3ncc(-c4cn[nH]c4C(F)(F)F)[nH]3)N12. The number of H-pyrrole nitrogens is 2. The van der Waals surface area contributed by atoms with Crippen molar-refractivity contribution in [2.75, 3.05) is 0 Å². The van der Waals surface area contributed by atoms with Gasteiger partial charge in [0.25, 0.3) is 0 Å². The Kier molecular flexibility index (Phi) is 5.36. The number of imidazole rings is 1. The number of benzene rings is 1. The second-order valence-corrected chi connectivity index (χ2v) is 9.12. The van der Waals surface area contributed by atoms with Crippen LogP contribution in [0.25, 0.3) is 22.5 Å². The van der Waals surface area contributed by atoms with Crippen molar-refractivity contribution in [2.24, 2.45) is 0 Å². The molecule has 190 valence electrons. The van der Waals surface area contributed by atoms with Crippen LogP contribution in [-0.2, 0) is 11.0 Å². The van der Waals surface area contributed by atoms with Crippen LogP contribution in [0.4, 0.5) is 17.6 Å². The number of hydrogen-bond acceptors (Lipinski definition) is 6. The summed E-state index contributed by atoms with van der Waals surface area (Å²) in [4.78, 5) is 22.1. The lowest BCUT2D eigenvalue weighted by molar-refractivity contribution is -0.140. The van der Waals surface area contributed by atoms with Crippen molar-refractivity contribution >= 4 is 23.1 Å². The molecule has 15 heteroatoms. The van der Waals surface area contributed by atoms with E-state index in [2.05, 4.69) is 30.6 Å². The van der Waals surface area contributed by atoms with Gasteiger partial charge in [-0.05, 0) is 47.4 Å². The van der Waals surface area contributed by atoms with E-state index < -0.39 is 23.7 Å². The van der Waals surface area contributed by atoms with Crippen LogP contribution < -0.4 is 0 Å². The van der Waals surface area contributed by atoms with Gasteiger partial charge in [-0.1, -0.05) is 11.6 Å².